The maximum absolute atomic E-state index is 12.6. The molecule has 0 amide bonds. The summed E-state index contributed by atoms with van der Waals surface area (Å²) >= 11 is 0. The van der Waals surface area contributed by atoms with Gasteiger partial charge in [0.25, 0.3) is 0 Å². The number of benzene rings is 2. The van der Waals surface area contributed by atoms with Crippen LogP contribution in [0, 0.1) is 0 Å². The molecule has 0 aliphatic heterocycles. The summed E-state index contributed by atoms with van der Waals surface area (Å²) in [6, 6.07) is 17.1. The van der Waals surface area contributed by atoms with Crippen LogP contribution < -0.4 is 4.74 Å². The van der Waals surface area contributed by atoms with Gasteiger partial charge in [-0.3, -0.25) is 4.79 Å². The van der Waals surface area contributed by atoms with Gasteiger partial charge in [0.15, 0.2) is 5.78 Å². The molecule has 2 rings (SSSR count). The van der Waals surface area contributed by atoms with Crippen molar-refractivity contribution < 1.29 is 9.53 Å². The molecule has 0 saturated heterocycles. The van der Waals surface area contributed by atoms with E-state index in [1.165, 1.54) is 0 Å². The molecule has 0 heterocycles. The molecule has 2 aromatic rings. The molecule has 19 heavy (non-hydrogen) atoms. The first-order valence-corrected chi connectivity index (χ1v) is 6.30. The molecule has 0 aromatic heterocycles. The molecule has 0 aliphatic carbocycles. The lowest BCUT2D eigenvalue weighted by molar-refractivity contribution is 0.0908. The van der Waals surface area contributed by atoms with Gasteiger partial charge in [-0.2, -0.15) is 0 Å². The van der Waals surface area contributed by atoms with E-state index in [0.29, 0.717) is 0 Å². The highest BCUT2D eigenvalue weighted by Gasteiger charge is 2.30. The van der Waals surface area contributed by atoms with Crippen molar-refractivity contribution >= 4 is 5.78 Å². The van der Waals surface area contributed by atoms with E-state index < -0.39 is 5.41 Å². The van der Waals surface area contributed by atoms with Crippen molar-refractivity contribution in [1.82, 2.24) is 0 Å². The molecule has 0 spiro atoms. The van der Waals surface area contributed by atoms with E-state index in [0.717, 1.165) is 16.9 Å². The number of rotatable bonds is 4. The van der Waals surface area contributed by atoms with Gasteiger partial charge >= 0.3 is 0 Å². The summed E-state index contributed by atoms with van der Waals surface area (Å²) in [6.07, 6.45) is 0. The molecular formula is C17H18O2. The summed E-state index contributed by atoms with van der Waals surface area (Å²) in [4.78, 5) is 12.6. The summed E-state index contributed by atoms with van der Waals surface area (Å²) < 4.78 is 5.14. The highest BCUT2D eigenvalue weighted by atomic mass is 16.5. The fraction of sp³-hybridized carbons (Fsp3) is 0.235. The van der Waals surface area contributed by atoms with Crippen molar-refractivity contribution in [3.63, 3.8) is 0 Å². The minimum Gasteiger partial charge on any atom is -0.497 e. The van der Waals surface area contributed by atoms with Crippen LogP contribution in [0.15, 0.2) is 54.6 Å². The van der Waals surface area contributed by atoms with Gasteiger partial charge in [0.1, 0.15) is 5.75 Å². The number of Topliss-reactive ketones (excluding diaryl/α,β-unsaturated/α-hetero) is 1. The normalized spacial score (nSPS) is 11.1. The summed E-state index contributed by atoms with van der Waals surface area (Å²) in [7, 11) is 1.63. The van der Waals surface area contributed by atoms with E-state index in [9.17, 15) is 4.79 Å². The Bertz CT molecular complexity index is 554. The number of methoxy groups -OCH3 is 1. The van der Waals surface area contributed by atoms with Crippen LogP contribution in [0.3, 0.4) is 0 Å². The lowest BCUT2D eigenvalue weighted by Gasteiger charge is -2.24. The van der Waals surface area contributed by atoms with Crippen LogP contribution in [0.5, 0.6) is 5.75 Å². The first-order valence-electron chi connectivity index (χ1n) is 6.30. The van der Waals surface area contributed by atoms with Crippen molar-refractivity contribution in [2.45, 2.75) is 19.3 Å². The predicted molar refractivity (Wildman–Crippen MR) is 76.8 cm³/mol. The SMILES string of the molecule is COc1ccc(C(C)(C)C(=O)c2ccccc2)cc1. The zero-order valence-corrected chi connectivity index (χ0v) is 11.5. The molecule has 0 unspecified atom stereocenters. The number of hydrogen-bond donors (Lipinski definition) is 0. The average Bonchev–Trinajstić information content (AvgIpc) is 2.47. The topological polar surface area (TPSA) is 26.3 Å². The molecule has 2 aromatic carbocycles. The van der Waals surface area contributed by atoms with Crippen molar-refractivity contribution in [2.75, 3.05) is 7.11 Å². The van der Waals surface area contributed by atoms with Crippen molar-refractivity contribution in [1.29, 1.82) is 0 Å². The molecule has 98 valence electrons. The molecule has 0 aliphatic rings. The van der Waals surface area contributed by atoms with E-state index in [1.807, 2.05) is 68.4 Å². The monoisotopic (exact) mass is 254 g/mol. The Balaban J connectivity index is 2.33. The number of ether oxygens (including phenoxy) is 1. The predicted octanol–water partition coefficient (Wildman–Crippen LogP) is 3.86. The maximum Gasteiger partial charge on any atom is 0.172 e. The van der Waals surface area contributed by atoms with Crippen molar-refractivity contribution in [3.8, 4) is 5.75 Å². The lowest BCUT2D eigenvalue weighted by Crippen LogP contribution is -2.29. The van der Waals surface area contributed by atoms with Crippen molar-refractivity contribution in [2.24, 2.45) is 0 Å². The molecule has 0 N–H and O–H groups in total. The maximum atomic E-state index is 12.6. The number of ketones is 1. The van der Waals surface area contributed by atoms with Crippen LogP contribution in [0.2, 0.25) is 0 Å². The molecule has 0 bridgehead atoms. The van der Waals surface area contributed by atoms with E-state index in [4.69, 9.17) is 4.74 Å². The Morgan fingerprint density at radius 3 is 2.05 bits per heavy atom. The summed E-state index contributed by atoms with van der Waals surface area (Å²) in [5.74, 6) is 0.921. The fourth-order valence-corrected chi connectivity index (χ4v) is 2.09. The van der Waals surface area contributed by atoms with Gasteiger partial charge in [-0.05, 0) is 31.5 Å². The minimum atomic E-state index is -0.548. The smallest absolute Gasteiger partial charge is 0.172 e. The summed E-state index contributed by atoms with van der Waals surface area (Å²) in [6.45, 7) is 3.90. The van der Waals surface area contributed by atoms with Gasteiger partial charge < -0.3 is 4.74 Å². The first kappa shape index (κ1) is 13.3. The van der Waals surface area contributed by atoms with Gasteiger partial charge in [-0.15, -0.1) is 0 Å². The third kappa shape index (κ3) is 2.68. The Morgan fingerprint density at radius 1 is 0.947 bits per heavy atom. The Labute approximate surface area is 114 Å². The summed E-state index contributed by atoms with van der Waals surface area (Å²) in [5, 5.41) is 0. The van der Waals surface area contributed by atoms with E-state index in [2.05, 4.69) is 0 Å². The average molecular weight is 254 g/mol. The molecule has 0 fully saturated rings. The van der Waals surface area contributed by atoms with Crippen LogP contribution >= 0.6 is 0 Å². The standard InChI is InChI=1S/C17H18O2/c1-17(2,14-9-11-15(19-3)12-10-14)16(18)13-7-5-4-6-8-13/h4-12H,1-3H3. The zero-order chi connectivity index (χ0) is 13.9. The van der Waals surface area contributed by atoms with E-state index in [1.54, 1.807) is 7.11 Å². The van der Waals surface area contributed by atoms with Crippen LogP contribution in [0.25, 0.3) is 0 Å². The molecule has 0 atom stereocenters. The number of carbonyl (C=O) groups is 1. The number of hydrogen-bond acceptors (Lipinski definition) is 2. The third-order valence-electron chi connectivity index (χ3n) is 3.42. The van der Waals surface area contributed by atoms with Gasteiger partial charge in [0.05, 0.1) is 12.5 Å². The van der Waals surface area contributed by atoms with Gasteiger partial charge in [0, 0.05) is 5.56 Å². The van der Waals surface area contributed by atoms with Gasteiger partial charge in [-0.1, -0.05) is 42.5 Å². The Morgan fingerprint density at radius 2 is 1.53 bits per heavy atom. The third-order valence-corrected chi connectivity index (χ3v) is 3.42. The highest BCUT2D eigenvalue weighted by molar-refractivity contribution is 6.03. The minimum absolute atomic E-state index is 0.123. The molecule has 2 nitrogen and oxygen atoms in total. The van der Waals surface area contributed by atoms with Gasteiger partial charge in [0.2, 0.25) is 0 Å². The molecular weight excluding hydrogens is 236 g/mol. The second-order valence-electron chi connectivity index (χ2n) is 5.05. The van der Waals surface area contributed by atoms with Crippen molar-refractivity contribution in [3.05, 3.63) is 65.7 Å². The zero-order valence-electron chi connectivity index (χ0n) is 11.5. The number of carbonyl (C=O) groups excluding carboxylic acids is 1. The highest BCUT2D eigenvalue weighted by Crippen LogP contribution is 2.29. The molecule has 0 saturated carbocycles. The van der Waals surface area contributed by atoms with E-state index >= 15 is 0 Å². The van der Waals surface area contributed by atoms with E-state index in [-0.39, 0.29) is 5.78 Å². The Hall–Kier alpha value is -2.09. The summed E-state index contributed by atoms with van der Waals surface area (Å²) in [5.41, 5.74) is 1.18. The van der Waals surface area contributed by atoms with Gasteiger partial charge in [-0.25, -0.2) is 0 Å². The second-order valence-corrected chi connectivity index (χ2v) is 5.05. The molecule has 0 radical (unpaired) electrons. The molecule has 2 heteroatoms. The Kier molecular flexibility index (Phi) is 3.70. The second kappa shape index (κ2) is 5.27. The van der Waals surface area contributed by atoms with Crippen LogP contribution in [-0.2, 0) is 5.41 Å². The van der Waals surface area contributed by atoms with Crippen LogP contribution in [0.4, 0.5) is 0 Å². The fourth-order valence-electron chi connectivity index (χ4n) is 2.09. The largest absolute Gasteiger partial charge is 0.497 e. The van der Waals surface area contributed by atoms with Crippen LogP contribution in [-0.4, -0.2) is 12.9 Å². The lowest BCUT2D eigenvalue weighted by atomic mass is 9.78. The first-order chi connectivity index (χ1) is 9.05. The quantitative estimate of drug-likeness (QED) is 0.774. The van der Waals surface area contributed by atoms with Crippen LogP contribution in [0.1, 0.15) is 29.8 Å².